The second-order valence-electron chi connectivity index (χ2n) is 6.37. The Morgan fingerprint density at radius 1 is 1.04 bits per heavy atom. The normalized spacial score (nSPS) is 15.9. The number of hydrogen-bond acceptors (Lipinski definition) is 1. The van der Waals surface area contributed by atoms with E-state index in [1.807, 2.05) is 12.1 Å². The maximum absolute atomic E-state index is 6.30. The first kappa shape index (κ1) is 16.6. The number of piperazine rings is 1. The number of quaternary nitrogens is 1. The Morgan fingerprint density at radius 3 is 2.48 bits per heavy atom. The predicted molar refractivity (Wildman–Crippen MR) is 99.0 cm³/mol. The average molecular weight is 350 g/mol. The standard InChI is InChI=1S/C19H22Cl2N2/c1-14-4-3-5-19(15(14)2)23-10-8-22(9-11-23)13-16-6-7-17(20)12-18(16)21/h3-7,12H,8-11,13H2,1-2H3/p+1. The number of halogens is 2. The number of anilines is 1. The van der Waals surface area contributed by atoms with Gasteiger partial charge in [0.15, 0.2) is 0 Å². The molecule has 0 amide bonds. The molecule has 1 aliphatic rings. The minimum absolute atomic E-state index is 0.702. The molecule has 1 fully saturated rings. The summed E-state index contributed by atoms with van der Waals surface area (Å²) in [7, 11) is 0. The zero-order valence-corrected chi connectivity index (χ0v) is 15.2. The van der Waals surface area contributed by atoms with Gasteiger partial charge in [0, 0.05) is 16.3 Å². The van der Waals surface area contributed by atoms with Crippen LogP contribution in [0.25, 0.3) is 0 Å². The first-order valence-corrected chi connectivity index (χ1v) is 8.89. The summed E-state index contributed by atoms with van der Waals surface area (Å²) in [6.45, 7) is 9.81. The van der Waals surface area contributed by atoms with Gasteiger partial charge in [0.1, 0.15) is 6.54 Å². The molecule has 0 atom stereocenters. The average Bonchev–Trinajstić information content (AvgIpc) is 2.54. The van der Waals surface area contributed by atoms with Crippen LogP contribution in [0.5, 0.6) is 0 Å². The molecule has 0 aliphatic carbocycles. The molecule has 1 aliphatic heterocycles. The van der Waals surface area contributed by atoms with Crippen molar-refractivity contribution in [3.63, 3.8) is 0 Å². The molecule has 1 saturated heterocycles. The molecule has 4 heteroatoms. The molecule has 2 aromatic rings. The minimum atomic E-state index is 0.702. The van der Waals surface area contributed by atoms with Gasteiger partial charge in [-0.25, -0.2) is 0 Å². The third kappa shape index (κ3) is 3.82. The van der Waals surface area contributed by atoms with Gasteiger partial charge in [0.05, 0.1) is 31.2 Å². The second-order valence-corrected chi connectivity index (χ2v) is 7.21. The van der Waals surface area contributed by atoms with Gasteiger partial charge in [-0.3, -0.25) is 0 Å². The van der Waals surface area contributed by atoms with Crippen LogP contribution in [0.2, 0.25) is 10.0 Å². The van der Waals surface area contributed by atoms with Crippen LogP contribution in [0, 0.1) is 13.8 Å². The van der Waals surface area contributed by atoms with Crippen molar-refractivity contribution in [1.29, 1.82) is 0 Å². The van der Waals surface area contributed by atoms with Crippen LogP contribution in [0.15, 0.2) is 36.4 Å². The van der Waals surface area contributed by atoms with E-state index in [1.54, 1.807) is 4.90 Å². The van der Waals surface area contributed by atoms with Crippen molar-refractivity contribution < 1.29 is 4.90 Å². The summed E-state index contributed by atoms with van der Waals surface area (Å²) in [6.07, 6.45) is 0. The molecule has 1 N–H and O–H groups in total. The lowest BCUT2D eigenvalue weighted by atomic mass is 10.1. The Kier molecular flexibility index (Phi) is 5.15. The van der Waals surface area contributed by atoms with Crippen molar-refractivity contribution in [2.45, 2.75) is 20.4 Å². The Balaban J connectivity index is 1.63. The first-order chi connectivity index (χ1) is 11.0. The van der Waals surface area contributed by atoms with Crippen LogP contribution in [-0.2, 0) is 6.54 Å². The lowest BCUT2D eigenvalue weighted by molar-refractivity contribution is -0.914. The summed E-state index contributed by atoms with van der Waals surface area (Å²) in [6, 6.07) is 12.4. The highest BCUT2D eigenvalue weighted by molar-refractivity contribution is 6.35. The Bertz CT molecular complexity index is 692. The Hall–Kier alpha value is -1.22. The lowest BCUT2D eigenvalue weighted by Gasteiger charge is -2.35. The molecule has 122 valence electrons. The highest BCUT2D eigenvalue weighted by Crippen LogP contribution is 2.23. The smallest absolute Gasteiger partial charge is 0.104 e. The van der Waals surface area contributed by atoms with Gasteiger partial charge >= 0.3 is 0 Å². The number of aryl methyl sites for hydroxylation is 1. The van der Waals surface area contributed by atoms with Crippen molar-refractivity contribution >= 4 is 28.9 Å². The molecule has 0 saturated carbocycles. The quantitative estimate of drug-likeness (QED) is 0.890. The van der Waals surface area contributed by atoms with Crippen molar-refractivity contribution in [3.8, 4) is 0 Å². The molecule has 3 rings (SSSR count). The topological polar surface area (TPSA) is 7.68 Å². The van der Waals surface area contributed by atoms with Gasteiger partial charge in [-0.05, 0) is 43.2 Å². The molecule has 0 spiro atoms. The molecule has 0 bridgehead atoms. The van der Waals surface area contributed by atoms with Gasteiger partial charge in [-0.2, -0.15) is 0 Å². The van der Waals surface area contributed by atoms with E-state index in [9.17, 15) is 0 Å². The maximum atomic E-state index is 6.30. The van der Waals surface area contributed by atoms with Crippen LogP contribution >= 0.6 is 23.2 Å². The number of nitrogens with zero attached hydrogens (tertiary/aromatic N) is 1. The number of hydrogen-bond donors (Lipinski definition) is 1. The van der Waals surface area contributed by atoms with Gasteiger partial charge in [-0.1, -0.05) is 41.4 Å². The first-order valence-electron chi connectivity index (χ1n) is 8.13. The van der Waals surface area contributed by atoms with Crippen molar-refractivity contribution in [1.82, 2.24) is 0 Å². The van der Waals surface area contributed by atoms with E-state index in [4.69, 9.17) is 23.2 Å². The monoisotopic (exact) mass is 349 g/mol. The van der Waals surface area contributed by atoms with E-state index >= 15 is 0 Å². The summed E-state index contributed by atoms with van der Waals surface area (Å²) in [4.78, 5) is 4.09. The van der Waals surface area contributed by atoms with Crippen LogP contribution < -0.4 is 9.80 Å². The zero-order chi connectivity index (χ0) is 16.4. The fraction of sp³-hybridized carbons (Fsp3) is 0.368. The number of nitrogens with one attached hydrogen (secondary N) is 1. The van der Waals surface area contributed by atoms with Crippen molar-refractivity contribution in [2.75, 3.05) is 31.1 Å². The third-order valence-electron chi connectivity index (χ3n) is 4.84. The maximum Gasteiger partial charge on any atom is 0.104 e. The predicted octanol–water partition coefficient (Wildman–Crippen LogP) is 3.52. The van der Waals surface area contributed by atoms with Gasteiger partial charge in [0.25, 0.3) is 0 Å². The summed E-state index contributed by atoms with van der Waals surface area (Å²) >= 11 is 12.3. The molecule has 0 aromatic heterocycles. The Labute approximate surface area is 148 Å². The van der Waals surface area contributed by atoms with E-state index in [0.717, 1.165) is 37.7 Å². The summed E-state index contributed by atoms with van der Waals surface area (Å²) < 4.78 is 0. The van der Waals surface area contributed by atoms with Crippen LogP contribution in [0.1, 0.15) is 16.7 Å². The second kappa shape index (κ2) is 7.12. The molecule has 0 unspecified atom stereocenters. The Morgan fingerprint density at radius 2 is 1.78 bits per heavy atom. The van der Waals surface area contributed by atoms with E-state index in [0.29, 0.717) is 5.02 Å². The third-order valence-corrected chi connectivity index (χ3v) is 5.43. The van der Waals surface area contributed by atoms with Gasteiger partial charge in [0.2, 0.25) is 0 Å². The lowest BCUT2D eigenvalue weighted by Crippen LogP contribution is -3.13. The van der Waals surface area contributed by atoms with Crippen LogP contribution in [0.4, 0.5) is 5.69 Å². The molecular formula is C19H23Cl2N2+. The summed E-state index contributed by atoms with van der Waals surface area (Å²) in [5.74, 6) is 0. The zero-order valence-electron chi connectivity index (χ0n) is 13.7. The molecule has 0 radical (unpaired) electrons. The number of benzene rings is 2. The fourth-order valence-electron chi connectivity index (χ4n) is 3.25. The van der Waals surface area contributed by atoms with Crippen LogP contribution in [-0.4, -0.2) is 26.2 Å². The SMILES string of the molecule is Cc1cccc(N2CC[NH+](Cc3ccc(Cl)cc3Cl)CC2)c1C. The minimum Gasteiger partial charge on any atom is -0.360 e. The molecular weight excluding hydrogens is 327 g/mol. The highest BCUT2D eigenvalue weighted by atomic mass is 35.5. The van der Waals surface area contributed by atoms with E-state index in [-0.39, 0.29) is 0 Å². The van der Waals surface area contributed by atoms with Gasteiger partial charge in [-0.15, -0.1) is 0 Å². The largest absolute Gasteiger partial charge is 0.360 e. The van der Waals surface area contributed by atoms with Crippen LogP contribution in [0.3, 0.4) is 0 Å². The highest BCUT2D eigenvalue weighted by Gasteiger charge is 2.22. The molecule has 2 aromatic carbocycles. The van der Waals surface area contributed by atoms with Crippen molar-refractivity contribution in [3.05, 3.63) is 63.1 Å². The van der Waals surface area contributed by atoms with E-state index in [1.165, 1.54) is 22.4 Å². The summed E-state index contributed by atoms with van der Waals surface area (Å²) in [5, 5.41) is 1.48. The fourth-order valence-corrected chi connectivity index (χ4v) is 3.73. The van der Waals surface area contributed by atoms with E-state index in [2.05, 4.69) is 43.0 Å². The molecule has 1 heterocycles. The van der Waals surface area contributed by atoms with Gasteiger partial charge < -0.3 is 9.80 Å². The summed E-state index contributed by atoms with van der Waals surface area (Å²) in [5.41, 5.74) is 5.33. The molecule has 2 nitrogen and oxygen atoms in total. The van der Waals surface area contributed by atoms with Crippen molar-refractivity contribution in [2.24, 2.45) is 0 Å². The van der Waals surface area contributed by atoms with E-state index < -0.39 is 0 Å². The number of rotatable bonds is 3. The molecule has 23 heavy (non-hydrogen) atoms.